The molecule has 0 aromatic heterocycles. The Morgan fingerprint density at radius 2 is 1.74 bits per heavy atom. The number of hydrogen-bond donors (Lipinski definition) is 2. The molecule has 0 heterocycles. The summed E-state index contributed by atoms with van der Waals surface area (Å²) in [6, 6.07) is 8.72. The molecule has 0 bridgehead atoms. The molecule has 0 spiro atoms. The Morgan fingerprint density at radius 3 is 2.22 bits per heavy atom. The number of benzene rings is 1. The highest BCUT2D eigenvalue weighted by Crippen LogP contribution is 2.14. The van der Waals surface area contributed by atoms with Crippen molar-refractivity contribution in [3.05, 3.63) is 24.3 Å². The second-order valence-electron chi connectivity index (χ2n) is 5.90. The Hall–Kier alpha value is -1.02. The van der Waals surface area contributed by atoms with E-state index in [1.807, 2.05) is 24.3 Å². The molecule has 6 heteroatoms. The first-order valence-corrected chi connectivity index (χ1v) is 7.90. The van der Waals surface area contributed by atoms with E-state index in [0.717, 1.165) is 30.9 Å². The fraction of sp³-hybridized carbons (Fsp3) is 0.588. The average molecular weight is 434 g/mol. The largest absolute Gasteiger partial charge is 0.497 e. The van der Waals surface area contributed by atoms with Crippen molar-refractivity contribution in [3.8, 4) is 5.75 Å². The third kappa shape index (κ3) is 8.41. The van der Waals surface area contributed by atoms with Crippen LogP contribution in [0.5, 0.6) is 5.75 Å². The average Bonchev–Trinajstić information content (AvgIpc) is 2.47. The molecule has 0 fully saturated rings. The number of methoxy groups -OCH3 is 1. The molecule has 0 radical (unpaired) electrons. The van der Waals surface area contributed by atoms with Gasteiger partial charge < -0.3 is 15.8 Å². The number of nitrogens with two attached hydrogens (primary N) is 1. The van der Waals surface area contributed by atoms with Gasteiger partial charge in [0.2, 0.25) is 0 Å². The van der Waals surface area contributed by atoms with Crippen molar-refractivity contribution in [2.45, 2.75) is 46.2 Å². The van der Waals surface area contributed by atoms with Crippen LogP contribution < -0.4 is 15.8 Å². The first kappa shape index (κ1) is 22.0. The molecule has 0 aliphatic rings. The van der Waals surface area contributed by atoms with Gasteiger partial charge in [0, 0.05) is 30.9 Å². The van der Waals surface area contributed by atoms with Crippen LogP contribution in [-0.4, -0.2) is 43.1 Å². The number of ether oxygens (including phenoxy) is 1. The van der Waals surface area contributed by atoms with Crippen molar-refractivity contribution in [2.75, 3.05) is 25.5 Å². The highest BCUT2D eigenvalue weighted by molar-refractivity contribution is 14.0. The number of hydrogen-bond acceptors (Lipinski definition) is 3. The van der Waals surface area contributed by atoms with Crippen LogP contribution in [0.3, 0.4) is 0 Å². The standard InChI is InChI=1S/C17H30N4O.HI/c1-13(2)21(14(3)4)12-6-11-19-17(18)20-15-7-9-16(22-5)10-8-15;/h7-10,13-14H,6,11-12H2,1-5H3,(H3,18,19,20);1H. The molecule has 5 nitrogen and oxygen atoms in total. The number of anilines is 1. The number of nitrogens with zero attached hydrogens (tertiary/aromatic N) is 2. The Kier molecular flexibility index (Phi) is 11.0. The van der Waals surface area contributed by atoms with E-state index in [1.165, 1.54) is 0 Å². The van der Waals surface area contributed by atoms with Crippen molar-refractivity contribution < 1.29 is 4.74 Å². The zero-order valence-corrected chi connectivity index (χ0v) is 17.2. The normalized spacial score (nSPS) is 11.7. The minimum absolute atomic E-state index is 0. The maximum atomic E-state index is 5.91. The van der Waals surface area contributed by atoms with Crippen molar-refractivity contribution in [1.29, 1.82) is 0 Å². The highest BCUT2D eigenvalue weighted by atomic mass is 127. The molecule has 0 aliphatic carbocycles. The van der Waals surface area contributed by atoms with Gasteiger partial charge in [-0.05, 0) is 58.4 Å². The lowest BCUT2D eigenvalue weighted by Gasteiger charge is -2.30. The van der Waals surface area contributed by atoms with E-state index in [1.54, 1.807) is 7.11 Å². The molecule has 1 aromatic rings. The zero-order chi connectivity index (χ0) is 16.5. The summed E-state index contributed by atoms with van der Waals surface area (Å²) in [5.74, 6) is 1.27. The SMILES string of the molecule is COc1ccc(NC(N)=NCCCN(C(C)C)C(C)C)cc1.I. The van der Waals surface area contributed by atoms with Gasteiger partial charge in [0.1, 0.15) is 5.75 Å². The number of aliphatic imine (C=N–C) groups is 1. The van der Waals surface area contributed by atoms with Crippen LogP contribution in [0, 0.1) is 0 Å². The van der Waals surface area contributed by atoms with Gasteiger partial charge in [-0.25, -0.2) is 0 Å². The van der Waals surface area contributed by atoms with Gasteiger partial charge in [0.15, 0.2) is 5.96 Å². The highest BCUT2D eigenvalue weighted by Gasteiger charge is 2.11. The topological polar surface area (TPSA) is 62.9 Å². The molecule has 0 saturated heterocycles. The third-order valence-electron chi connectivity index (χ3n) is 3.55. The summed E-state index contributed by atoms with van der Waals surface area (Å²) in [5.41, 5.74) is 6.82. The van der Waals surface area contributed by atoms with Crippen LogP contribution in [0.1, 0.15) is 34.1 Å². The van der Waals surface area contributed by atoms with Gasteiger partial charge in [0.25, 0.3) is 0 Å². The van der Waals surface area contributed by atoms with E-state index in [2.05, 4.69) is 42.9 Å². The van der Waals surface area contributed by atoms with Crippen LogP contribution in [0.4, 0.5) is 5.69 Å². The first-order chi connectivity index (χ1) is 10.4. The number of halogens is 1. The predicted octanol–water partition coefficient (Wildman–Crippen LogP) is 3.55. The lowest BCUT2D eigenvalue weighted by molar-refractivity contribution is 0.174. The quantitative estimate of drug-likeness (QED) is 0.284. The van der Waals surface area contributed by atoms with E-state index in [0.29, 0.717) is 18.0 Å². The van der Waals surface area contributed by atoms with Crippen LogP contribution in [0.15, 0.2) is 29.3 Å². The Balaban J connectivity index is 0.00000484. The fourth-order valence-electron chi connectivity index (χ4n) is 2.43. The monoisotopic (exact) mass is 434 g/mol. The third-order valence-corrected chi connectivity index (χ3v) is 3.55. The molecule has 0 saturated carbocycles. The molecule has 0 unspecified atom stereocenters. The van der Waals surface area contributed by atoms with Crippen LogP contribution in [0.25, 0.3) is 0 Å². The molecule has 23 heavy (non-hydrogen) atoms. The molecule has 132 valence electrons. The van der Waals surface area contributed by atoms with E-state index >= 15 is 0 Å². The van der Waals surface area contributed by atoms with E-state index in [-0.39, 0.29) is 24.0 Å². The molecule has 1 aromatic carbocycles. The summed E-state index contributed by atoms with van der Waals surface area (Å²) in [4.78, 5) is 6.84. The molecule has 1 rings (SSSR count). The minimum Gasteiger partial charge on any atom is -0.497 e. The Labute approximate surface area is 157 Å². The zero-order valence-electron chi connectivity index (χ0n) is 14.9. The van der Waals surface area contributed by atoms with Crippen molar-refractivity contribution in [1.82, 2.24) is 4.90 Å². The number of nitrogens with one attached hydrogen (secondary N) is 1. The van der Waals surface area contributed by atoms with Crippen LogP contribution >= 0.6 is 24.0 Å². The van der Waals surface area contributed by atoms with Crippen molar-refractivity contribution in [3.63, 3.8) is 0 Å². The van der Waals surface area contributed by atoms with Gasteiger partial charge in [-0.3, -0.25) is 9.89 Å². The van der Waals surface area contributed by atoms with Gasteiger partial charge in [-0.2, -0.15) is 0 Å². The molecule has 3 N–H and O–H groups in total. The summed E-state index contributed by atoms with van der Waals surface area (Å²) in [6.07, 6.45) is 1.00. The smallest absolute Gasteiger partial charge is 0.193 e. The van der Waals surface area contributed by atoms with Crippen molar-refractivity contribution in [2.24, 2.45) is 10.7 Å². The van der Waals surface area contributed by atoms with E-state index < -0.39 is 0 Å². The molecular formula is C17H31IN4O. The van der Waals surface area contributed by atoms with Gasteiger partial charge in [0.05, 0.1) is 7.11 Å². The summed E-state index contributed by atoms with van der Waals surface area (Å²) in [6.45, 7) is 10.7. The molecular weight excluding hydrogens is 403 g/mol. The van der Waals surface area contributed by atoms with Crippen molar-refractivity contribution >= 4 is 35.6 Å². The Bertz CT molecular complexity index is 452. The minimum atomic E-state index is 0. The van der Waals surface area contributed by atoms with Crippen LogP contribution in [-0.2, 0) is 0 Å². The van der Waals surface area contributed by atoms with E-state index in [9.17, 15) is 0 Å². The van der Waals surface area contributed by atoms with Gasteiger partial charge >= 0.3 is 0 Å². The summed E-state index contributed by atoms with van der Waals surface area (Å²) in [7, 11) is 1.65. The fourth-order valence-corrected chi connectivity index (χ4v) is 2.43. The van der Waals surface area contributed by atoms with Crippen LogP contribution in [0.2, 0.25) is 0 Å². The lowest BCUT2D eigenvalue weighted by Crippen LogP contribution is -2.38. The number of rotatable bonds is 8. The second-order valence-corrected chi connectivity index (χ2v) is 5.90. The predicted molar refractivity (Wildman–Crippen MR) is 110 cm³/mol. The van der Waals surface area contributed by atoms with E-state index in [4.69, 9.17) is 10.5 Å². The number of guanidine groups is 1. The van der Waals surface area contributed by atoms with Gasteiger partial charge in [-0.1, -0.05) is 0 Å². The molecule has 0 atom stereocenters. The summed E-state index contributed by atoms with van der Waals surface area (Å²) < 4.78 is 5.12. The van der Waals surface area contributed by atoms with Gasteiger partial charge in [-0.15, -0.1) is 24.0 Å². The summed E-state index contributed by atoms with van der Waals surface area (Å²) >= 11 is 0. The maximum Gasteiger partial charge on any atom is 0.193 e. The molecule has 0 aliphatic heterocycles. The molecule has 0 amide bonds. The lowest BCUT2D eigenvalue weighted by atomic mass is 10.2. The summed E-state index contributed by atoms with van der Waals surface area (Å²) in [5, 5.41) is 3.09. The Morgan fingerprint density at radius 1 is 1.17 bits per heavy atom. The first-order valence-electron chi connectivity index (χ1n) is 7.90. The second kappa shape index (κ2) is 11.5. The maximum absolute atomic E-state index is 5.91.